The zero-order chi connectivity index (χ0) is 9.80. The summed E-state index contributed by atoms with van der Waals surface area (Å²) in [5.74, 6) is 0. The van der Waals surface area contributed by atoms with Gasteiger partial charge in [-0.2, -0.15) is 0 Å². The second kappa shape index (κ2) is 4.66. The van der Waals surface area contributed by atoms with Crippen molar-refractivity contribution in [3.8, 4) is 0 Å². The largest absolute Gasteiger partial charge is 0.316 e. The van der Waals surface area contributed by atoms with E-state index in [1.165, 1.54) is 0 Å². The van der Waals surface area contributed by atoms with Gasteiger partial charge in [0.05, 0.1) is 16.0 Å². The predicted molar refractivity (Wildman–Crippen MR) is 56.5 cm³/mol. The van der Waals surface area contributed by atoms with Gasteiger partial charge in [0.15, 0.2) is 0 Å². The van der Waals surface area contributed by atoms with Gasteiger partial charge in [0, 0.05) is 23.8 Å². The van der Waals surface area contributed by atoms with Crippen LogP contribution in [0.25, 0.3) is 0 Å². The van der Waals surface area contributed by atoms with Gasteiger partial charge in [-0.3, -0.25) is 9.19 Å². The van der Waals surface area contributed by atoms with Crippen molar-refractivity contribution in [1.82, 2.24) is 10.3 Å². The minimum Gasteiger partial charge on any atom is -0.316 e. The molecule has 14 heavy (non-hydrogen) atoms. The predicted octanol–water partition coefficient (Wildman–Crippen LogP) is 0.941. The van der Waals surface area contributed by atoms with Crippen LogP contribution in [0.3, 0.4) is 0 Å². The minimum atomic E-state index is -0.872. The Morgan fingerprint density at radius 2 is 2.21 bits per heavy atom. The first-order chi connectivity index (χ1) is 6.88. The number of nitrogens with zero attached hydrogens (tertiary/aromatic N) is 1. The van der Waals surface area contributed by atoms with Crippen LogP contribution in [0.5, 0.6) is 0 Å². The minimum absolute atomic E-state index is 0.270. The summed E-state index contributed by atoms with van der Waals surface area (Å²) in [6.07, 6.45) is 5.58. The molecule has 0 saturated carbocycles. The summed E-state index contributed by atoms with van der Waals surface area (Å²) >= 11 is 0. The summed E-state index contributed by atoms with van der Waals surface area (Å²) in [6, 6.07) is 3.68. The Bertz CT molecular complexity index is 309. The Morgan fingerprint density at radius 3 is 2.86 bits per heavy atom. The number of hydrogen-bond acceptors (Lipinski definition) is 3. The van der Waals surface area contributed by atoms with Gasteiger partial charge in [-0.05, 0) is 31.5 Å². The maximum atomic E-state index is 12.0. The molecule has 1 fully saturated rings. The van der Waals surface area contributed by atoms with E-state index in [0.717, 1.165) is 30.8 Å². The highest BCUT2D eigenvalue weighted by Crippen LogP contribution is 2.15. The summed E-state index contributed by atoms with van der Waals surface area (Å²) < 4.78 is 12.0. The van der Waals surface area contributed by atoms with Gasteiger partial charge < -0.3 is 5.32 Å². The molecule has 0 unspecified atom stereocenters. The molecule has 1 aliphatic rings. The summed E-state index contributed by atoms with van der Waals surface area (Å²) in [6.45, 7) is 1.93. The van der Waals surface area contributed by atoms with Crippen LogP contribution in [0.15, 0.2) is 29.4 Å². The van der Waals surface area contributed by atoms with E-state index in [4.69, 9.17) is 0 Å². The molecule has 1 aromatic heterocycles. The Balaban J connectivity index is 2.07. The van der Waals surface area contributed by atoms with E-state index in [1.807, 2.05) is 12.1 Å². The number of hydrogen-bond donors (Lipinski definition) is 1. The zero-order valence-electron chi connectivity index (χ0n) is 7.98. The molecule has 0 spiro atoms. The van der Waals surface area contributed by atoms with Crippen LogP contribution in [0.4, 0.5) is 0 Å². The summed E-state index contributed by atoms with van der Waals surface area (Å²) in [7, 11) is -0.872. The standard InChI is InChI=1S/C10H14N2OS/c13-14(9-3-6-11-7-4-9)10-2-1-5-12-8-10/h3-4,6-7,10,12H,1-2,5,8H2/t10-,14+/m1/s1. The number of rotatable bonds is 2. The van der Waals surface area contributed by atoms with Crippen LogP contribution in [-0.4, -0.2) is 27.5 Å². The Kier molecular flexibility index (Phi) is 3.26. The molecule has 1 saturated heterocycles. The number of aromatic nitrogens is 1. The van der Waals surface area contributed by atoms with Gasteiger partial charge in [0.1, 0.15) is 0 Å². The van der Waals surface area contributed by atoms with Gasteiger partial charge in [-0.15, -0.1) is 0 Å². The highest BCUT2D eigenvalue weighted by molar-refractivity contribution is 7.85. The van der Waals surface area contributed by atoms with Crippen molar-refractivity contribution in [2.75, 3.05) is 13.1 Å². The first-order valence-electron chi connectivity index (χ1n) is 4.89. The van der Waals surface area contributed by atoms with Crippen molar-refractivity contribution < 1.29 is 4.21 Å². The number of pyridine rings is 1. The molecule has 0 aliphatic carbocycles. The van der Waals surface area contributed by atoms with E-state index in [-0.39, 0.29) is 5.25 Å². The topological polar surface area (TPSA) is 42.0 Å². The normalized spacial score (nSPS) is 24.4. The van der Waals surface area contributed by atoms with E-state index in [0.29, 0.717) is 0 Å². The van der Waals surface area contributed by atoms with Crippen molar-refractivity contribution in [2.24, 2.45) is 0 Å². The van der Waals surface area contributed by atoms with Gasteiger partial charge in [0.2, 0.25) is 0 Å². The molecule has 2 atom stereocenters. The van der Waals surface area contributed by atoms with Crippen molar-refractivity contribution in [3.05, 3.63) is 24.5 Å². The summed E-state index contributed by atoms with van der Waals surface area (Å²) in [4.78, 5) is 4.82. The molecule has 0 aromatic carbocycles. The van der Waals surface area contributed by atoms with Gasteiger partial charge in [0.25, 0.3) is 0 Å². The van der Waals surface area contributed by atoms with E-state index >= 15 is 0 Å². The molecule has 3 nitrogen and oxygen atoms in total. The molecule has 4 heteroatoms. The Labute approximate surface area is 86.4 Å². The van der Waals surface area contributed by atoms with E-state index in [9.17, 15) is 4.21 Å². The lowest BCUT2D eigenvalue weighted by Gasteiger charge is -2.21. The molecule has 1 aromatic rings. The highest BCUT2D eigenvalue weighted by Gasteiger charge is 2.20. The van der Waals surface area contributed by atoms with Crippen LogP contribution in [0, 0.1) is 0 Å². The first-order valence-corrected chi connectivity index (χ1v) is 6.10. The second-order valence-electron chi connectivity index (χ2n) is 3.45. The first kappa shape index (κ1) is 9.80. The average Bonchev–Trinajstić information content (AvgIpc) is 2.30. The van der Waals surface area contributed by atoms with E-state index < -0.39 is 10.8 Å². The van der Waals surface area contributed by atoms with Crippen LogP contribution in [0.2, 0.25) is 0 Å². The lowest BCUT2D eigenvalue weighted by atomic mass is 10.2. The Morgan fingerprint density at radius 1 is 1.43 bits per heavy atom. The second-order valence-corrected chi connectivity index (χ2v) is 5.18. The monoisotopic (exact) mass is 210 g/mol. The summed E-state index contributed by atoms with van der Waals surface area (Å²) in [5, 5.41) is 3.55. The lowest BCUT2D eigenvalue weighted by molar-refractivity contribution is 0.519. The van der Waals surface area contributed by atoms with Gasteiger partial charge in [-0.1, -0.05) is 0 Å². The maximum Gasteiger partial charge on any atom is 0.0574 e. The molecule has 0 bridgehead atoms. The molecule has 1 N–H and O–H groups in total. The molecule has 2 rings (SSSR count). The molecule has 2 heterocycles. The molecular formula is C10H14N2OS. The molecule has 76 valence electrons. The van der Waals surface area contributed by atoms with Crippen LogP contribution in [-0.2, 0) is 10.8 Å². The molecule has 0 radical (unpaired) electrons. The maximum absolute atomic E-state index is 12.0. The lowest BCUT2D eigenvalue weighted by Crippen LogP contribution is -2.36. The van der Waals surface area contributed by atoms with Gasteiger partial charge in [-0.25, -0.2) is 0 Å². The van der Waals surface area contributed by atoms with Crippen molar-refractivity contribution in [1.29, 1.82) is 0 Å². The quantitative estimate of drug-likeness (QED) is 0.790. The summed E-state index contributed by atoms with van der Waals surface area (Å²) in [5.41, 5.74) is 0. The Hall–Kier alpha value is -0.740. The fourth-order valence-corrected chi connectivity index (χ4v) is 3.09. The van der Waals surface area contributed by atoms with Crippen LogP contribution in [0.1, 0.15) is 12.8 Å². The van der Waals surface area contributed by atoms with Crippen LogP contribution >= 0.6 is 0 Å². The molecule has 0 amide bonds. The van der Waals surface area contributed by atoms with Gasteiger partial charge >= 0.3 is 0 Å². The fourth-order valence-electron chi connectivity index (χ4n) is 1.67. The third kappa shape index (κ3) is 2.19. The number of nitrogens with one attached hydrogen (secondary N) is 1. The van der Waals surface area contributed by atoms with Crippen molar-refractivity contribution >= 4 is 10.8 Å². The fraction of sp³-hybridized carbons (Fsp3) is 0.500. The van der Waals surface area contributed by atoms with Crippen molar-refractivity contribution in [3.63, 3.8) is 0 Å². The van der Waals surface area contributed by atoms with Crippen molar-refractivity contribution in [2.45, 2.75) is 23.0 Å². The zero-order valence-corrected chi connectivity index (χ0v) is 8.80. The van der Waals surface area contributed by atoms with Crippen LogP contribution < -0.4 is 5.32 Å². The number of piperidine rings is 1. The SMILES string of the molecule is O=[S@@](c1ccncc1)[C@@H]1CCCNC1. The third-order valence-electron chi connectivity index (χ3n) is 2.44. The average molecular weight is 210 g/mol. The molecular weight excluding hydrogens is 196 g/mol. The highest BCUT2D eigenvalue weighted by atomic mass is 32.2. The van der Waals surface area contributed by atoms with E-state index in [2.05, 4.69) is 10.3 Å². The molecule has 1 aliphatic heterocycles. The van der Waals surface area contributed by atoms with E-state index in [1.54, 1.807) is 12.4 Å². The third-order valence-corrected chi connectivity index (χ3v) is 4.18. The smallest absolute Gasteiger partial charge is 0.0574 e.